The summed E-state index contributed by atoms with van der Waals surface area (Å²) in [6.07, 6.45) is 7.89. The minimum absolute atomic E-state index is 1.12. The molecule has 0 amide bonds. The lowest BCUT2D eigenvalue weighted by molar-refractivity contribution is 1.36. The van der Waals surface area contributed by atoms with Crippen LogP contribution in [0.3, 0.4) is 0 Å². The fourth-order valence-corrected chi connectivity index (χ4v) is 1.08. The lowest BCUT2D eigenvalue weighted by Gasteiger charge is -1.84. The van der Waals surface area contributed by atoms with E-state index in [0.717, 1.165) is 11.4 Å². The molecule has 2 heterocycles. The molecule has 0 aliphatic carbocycles. The number of nitrogens with one attached hydrogen (secondary N) is 2. The van der Waals surface area contributed by atoms with E-state index in [9.17, 15) is 0 Å². The van der Waals surface area contributed by atoms with Crippen molar-refractivity contribution < 1.29 is 0 Å². The van der Waals surface area contributed by atoms with Gasteiger partial charge in [0.25, 0.3) is 0 Å². The monoisotopic (exact) mass is 158 g/mol. The third kappa shape index (κ3) is 1.48. The van der Waals surface area contributed by atoms with Crippen LogP contribution in [0.25, 0.3) is 12.2 Å². The van der Waals surface area contributed by atoms with E-state index in [4.69, 9.17) is 0 Å². The minimum Gasteiger partial charge on any atom is -0.362 e. The van der Waals surface area contributed by atoms with Gasteiger partial charge in [0.2, 0.25) is 0 Å². The Balaban J connectivity index is 2.14. The molecule has 0 spiro atoms. The van der Waals surface area contributed by atoms with E-state index in [1.807, 2.05) is 48.8 Å². The molecule has 2 N–H and O–H groups in total. The van der Waals surface area contributed by atoms with Crippen LogP contribution >= 0.6 is 0 Å². The molecular weight excluding hydrogens is 148 g/mol. The van der Waals surface area contributed by atoms with Crippen LogP contribution in [0.2, 0.25) is 0 Å². The first kappa shape index (κ1) is 6.98. The van der Waals surface area contributed by atoms with Crippen molar-refractivity contribution in [1.29, 1.82) is 0 Å². The van der Waals surface area contributed by atoms with Gasteiger partial charge < -0.3 is 9.97 Å². The Hall–Kier alpha value is -1.70. The Morgan fingerprint density at radius 3 is 1.67 bits per heavy atom. The van der Waals surface area contributed by atoms with Gasteiger partial charge in [-0.3, -0.25) is 0 Å². The van der Waals surface area contributed by atoms with E-state index < -0.39 is 0 Å². The molecule has 2 rings (SSSR count). The third-order valence-electron chi connectivity index (χ3n) is 1.69. The van der Waals surface area contributed by atoms with E-state index in [0.29, 0.717) is 0 Å². The van der Waals surface area contributed by atoms with Crippen molar-refractivity contribution in [3.63, 3.8) is 0 Å². The SMILES string of the molecule is C(=C\c1ccc[nH]1)/c1ccc[nH]1. The second-order valence-electron chi connectivity index (χ2n) is 2.58. The zero-order valence-electron chi connectivity index (χ0n) is 6.62. The molecule has 0 fully saturated rings. The maximum absolute atomic E-state index is 3.10. The quantitative estimate of drug-likeness (QED) is 0.673. The van der Waals surface area contributed by atoms with Gasteiger partial charge in [0.05, 0.1) is 0 Å². The molecule has 0 atom stereocenters. The highest BCUT2D eigenvalue weighted by molar-refractivity contribution is 5.66. The van der Waals surface area contributed by atoms with E-state index in [-0.39, 0.29) is 0 Å². The van der Waals surface area contributed by atoms with Gasteiger partial charge in [0.1, 0.15) is 0 Å². The topological polar surface area (TPSA) is 31.6 Å². The van der Waals surface area contributed by atoms with Gasteiger partial charge in [-0.1, -0.05) is 0 Å². The first-order chi connectivity index (χ1) is 5.95. The molecule has 0 radical (unpaired) electrons. The first-order valence-corrected chi connectivity index (χ1v) is 3.90. The van der Waals surface area contributed by atoms with Gasteiger partial charge in [0.15, 0.2) is 0 Å². The molecular formula is C10H10N2. The van der Waals surface area contributed by atoms with Crippen LogP contribution < -0.4 is 0 Å². The van der Waals surface area contributed by atoms with Crippen molar-refractivity contribution in [2.45, 2.75) is 0 Å². The van der Waals surface area contributed by atoms with E-state index in [1.54, 1.807) is 0 Å². The second kappa shape index (κ2) is 3.13. The molecule has 0 saturated heterocycles. The Labute approximate surface area is 70.9 Å². The number of rotatable bonds is 2. The fourth-order valence-electron chi connectivity index (χ4n) is 1.08. The summed E-state index contributed by atoms with van der Waals surface area (Å²) in [6, 6.07) is 8.02. The van der Waals surface area contributed by atoms with Gasteiger partial charge in [-0.15, -0.1) is 0 Å². The lowest BCUT2D eigenvalue weighted by atomic mass is 10.3. The second-order valence-corrected chi connectivity index (χ2v) is 2.58. The first-order valence-electron chi connectivity index (χ1n) is 3.90. The van der Waals surface area contributed by atoms with E-state index >= 15 is 0 Å². The summed E-state index contributed by atoms with van der Waals surface area (Å²) in [5.41, 5.74) is 2.23. The zero-order chi connectivity index (χ0) is 8.23. The smallest absolute Gasteiger partial charge is 0.0381 e. The van der Waals surface area contributed by atoms with Crippen molar-refractivity contribution in [2.75, 3.05) is 0 Å². The summed E-state index contributed by atoms with van der Waals surface area (Å²) in [5, 5.41) is 0. The van der Waals surface area contributed by atoms with Crippen molar-refractivity contribution in [1.82, 2.24) is 9.97 Å². The highest BCUT2D eigenvalue weighted by atomic mass is 14.7. The standard InChI is InChI=1S/C10H10N2/c1-3-9(11-7-1)5-6-10-4-2-8-12-10/h1-8,11-12H/b6-5+. The summed E-state index contributed by atoms with van der Waals surface area (Å²) < 4.78 is 0. The third-order valence-corrected chi connectivity index (χ3v) is 1.69. The molecule has 12 heavy (non-hydrogen) atoms. The largest absolute Gasteiger partial charge is 0.362 e. The van der Waals surface area contributed by atoms with Crippen LogP contribution in [0.15, 0.2) is 36.7 Å². The molecule has 2 aromatic rings. The van der Waals surface area contributed by atoms with Crippen molar-refractivity contribution in [2.24, 2.45) is 0 Å². The van der Waals surface area contributed by atoms with Gasteiger partial charge in [0, 0.05) is 23.8 Å². The molecule has 0 aliphatic rings. The van der Waals surface area contributed by atoms with Crippen LogP contribution in [-0.4, -0.2) is 9.97 Å². The van der Waals surface area contributed by atoms with Gasteiger partial charge in [-0.25, -0.2) is 0 Å². The number of H-pyrrole nitrogens is 2. The summed E-state index contributed by atoms with van der Waals surface area (Å²) >= 11 is 0. The van der Waals surface area contributed by atoms with Crippen LogP contribution in [0.4, 0.5) is 0 Å². The molecule has 0 aromatic carbocycles. The molecule has 60 valence electrons. The van der Waals surface area contributed by atoms with Crippen LogP contribution in [0.1, 0.15) is 11.4 Å². The van der Waals surface area contributed by atoms with Crippen LogP contribution in [-0.2, 0) is 0 Å². The van der Waals surface area contributed by atoms with Crippen LogP contribution in [0, 0.1) is 0 Å². The Kier molecular flexibility index (Phi) is 1.82. The number of hydrogen-bond acceptors (Lipinski definition) is 0. The number of aromatic nitrogens is 2. The minimum atomic E-state index is 1.12. The number of aromatic amines is 2. The van der Waals surface area contributed by atoms with Gasteiger partial charge >= 0.3 is 0 Å². The average Bonchev–Trinajstić information content (AvgIpc) is 2.74. The van der Waals surface area contributed by atoms with Crippen LogP contribution in [0.5, 0.6) is 0 Å². The molecule has 2 heteroatoms. The van der Waals surface area contributed by atoms with Crippen molar-refractivity contribution in [3.05, 3.63) is 48.0 Å². The molecule has 2 nitrogen and oxygen atoms in total. The highest BCUT2D eigenvalue weighted by Gasteiger charge is 1.85. The molecule has 0 unspecified atom stereocenters. The Bertz CT molecular complexity index is 305. The fraction of sp³-hybridized carbons (Fsp3) is 0. The van der Waals surface area contributed by atoms with E-state index in [1.165, 1.54) is 0 Å². The van der Waals surface area contributed by atoms with Crippen molar-refractivity contribution in [3.8, 4) is 0 Å². The maximum Gasteiger partial charge on any atom is 0.0381 e. The summed E-state index contributed by atoms with van der Waals surface area (Å²) in [7, 11) is 0. The molecule has 0 bridgehead atoms. The number of hydrogen-bond donors (Lipinski definition) is 2. The Morgan fingerprint density at radius 2 is 1.33 bits per heavy atom. The maximum atomic E-state index is 3.10. The summed E-state index contributed by atoms with van der Waals surface area (Å²) in [4.78, 5) is 6.20. The zero-order valence-corrected chi connectivity index (χ0v) is 6.62. The molecule has 2 aromatic heterocycles. The summed E-state index contributed by atoms with van der Waals surface area (Å²) in [5.74, 6) is 0. The van der Waals surface area contributed by atoms with Crippen molar-refractivity contribution >= 4 is 12.2 Å². The lowest BCUT2D eigenvalue weighted by Crippen LogP contribution is -1.69. The predicted octanol–water partition coefficient (Wildman–Crippen LogP) is 2.51. The summed E-state index contributed by atoms with van der Waals surface area (Å²) in [6.45, 7) is 0. The van der Waals surface area contributed by atoms with Gasteiger partial charge in [-0.2, -0.15) is 0 Å². The normalized spacial score (nSPS) is 11.0. The van der Waals surface area contributed by atoms with E-state index in [2.05, 4.69) is 9.97 Å². The highest BCUT2D eigenvalue weighted by Crippen LogP contribution is 2.03. The average molecular weight is 158 g/mol. The Morgan fingerprint density at radius 1 is 0.833 bits per heavy atom. The van der Waals surface area contributed by atoms with Gasteiger partial charge in [-0.05, 0) is 36.4 Å². The molecule has 0 saturated carbocycles. The predicted molar refractivity (Wildman–Crippen MR) is 50.5 cm³/mol. The molecule has 0 aliphatic heterocycles.